The number of nitrogens with one attached hydrogen (secondary N) is 1. The molecule has 1 fully saturated rings. The van der Waals surface area contributed by atoms with Gasteiger partial charge in [0.15, 0.2) is 0 Å². The SMILES string of the molecule is CCOc1nc(C2CC2)ncc1CNC. The van der Waals surface area contributed by atoms with Gasteiger partial charge in [0.1, 0.15) is 5.82 Å². The normalized spacial score (nSPS) is 15.3. The molecule has 0 aliphatic heterocycles. The molecule has 1 N–H and O–H groups in total. The summed E-state index contributed by atoms with van der Waals surface area (Å²) in [5, 5.41) is 3.09. The van der Waals surface area contributed by atoms with Crippen LogP contribution in [-0.2, 0) is 6.54 Å². The highest BCUT2D eigenvalue weighted by atomic mass is 16.5. The van der Waals surface area contributed by atoms with Crippen molar-refractivity contribution in [3.8, 4) is 5.88 Å². The minimum absolute atomic E-state index is 0.577. The van der Waals surface area contributed by atoms with Gasteiger partial charge in [0.2, 0.25) is 5.88 Å². The topological polar surface area (TPSA) is 47.0 Å². The second-order valence-electron chi connectivity index (χ2n) is 3.80. The predicted molar refractivity (Wildman–Crippen MR) is 57.9 cm³/mol. The van der Waals surface area contributed by atoms with E-state index in [0.29, 0.717) is 12.5 Å². The summed E-state index contributed by atoms with van der Waals surface area (Å²) in [5.74, 6) is 2.26. The predicted octanol–water partition coefficient (Wildman–Crippen LogP) is 1.47. The van der Waals surface area contributed by atoms with Crippen molar-refractivity contribution in [1.29, 1.82) is 0 Å². The Kier molecular flexibility index (Phi) is 3.16. The summed E-state index contributed by atoms with van der Waals surface area (Å²) in [5.41, 5.74) is 1.03. The van der Waals surface area contributed by atoms with Gasteiger partial charge in [-0.3, -0.25) is 0 Å². The van der Waals surface area contributed by atoms with Gasteiger partial charge in [-0.25, -0.2) is 4.98 Å². The van der Waals surface area contributed by atoms with Crippen molar-refractivity contribution < 1.29 is 4.74 Å². The largest absolute Gasteiger partial charge is 0.478 e. The van der Waals surface area contributed by atoms with Gasteiger partial charge in [-0.15, -0.1) is 0 Å². The number of ether oxygens (including phenoxy) is 1. The van der Waals surface area contributed by atoms with Crippen molar-refractivity contribution in [3.63, 3.8) is 0 Å². The molecule has 1 heterocycles. The zero-order chi connectivity index (χ0) is 10.7. The lowest BCUT2D eigenvalue weighted by molar-refractivity contribution is 0.320. The van der Waals surface area contributed by atoms with Gasteiger partial charge >= 0.3 is 0 Å². The second-order valence-corrected chi connectivity index (χ2v) is 3.80. The van der Waals surface area contributed by atoms with E-state index in [1.165, 1.54) is 12.8 Å². The first-order valence-corrected chi connectivity index (χ1v) is 5.48. The first-order valence-electron chi connectivity index (χ1n) is 5.48. The van der Waals surface area contributed by atoms with E-state index in [2.05, 4.69) is 15.3 Å². The molecule has 1 aromatic heterocycles. The number of rotatable bonds is 5. The molecule has 4 heteroatoms. The van der Waals surface area contributed by atoms with Gasteiger partial charge in [0, 0.05) is 24.2 Å². The minimum Gasteiger partial charge on any atom is -0.478 e. The third-order valence-electron chi connectivity index (χ3n) is 2.43. The number of aromatic nitrogens is 2. The molecule has 1 aliphatic rings. The third kappa shape index (κ3) is 2.45. The fourth-order valence-electron chi connectivity index (χ4n) is 1.52. The lowest BCUT2D eigenvalue weighted by Crippen LogP contribution is -2.10. The molecule has 0 bridgehead atoms. The Labute approximate surface area is 90.1 Å². The van der Waals surface area contributed by atoms with Crippen molar-refractivity contribution >= 4 is 0 Å². The molecular formula is C11H17N3O. The maximum absolute atomic E-state index is 5.52. The molecule has 0 spiro atoms. The molecule has 0 aromatic carbocycles. The molecule has 0 radical (unpaired) electrons. The average Bonchev–Trinajstić information content (AvgIpc) is 3.05. The smallest absolute Gasteiger partial charge is 0.221 e. The van der Waals surface area contributed by atoms with E-state index in [1.807, 2.05) is 20.2 Å². The summed E-state index contributed by atoms with van der Waals surface area (Å²) in [6, 6.07) is 0. The summed E-state index contributed by atoms with van der Waals surface area (Å²) in [6.07, 6.45) is 4.32. The Morgan fingerprint density at radius 1 is 1.53 bits per heavy atom. The number of nitrogens with zero attached hydrogens (tertiary/aromatic N) is 2. The molecule has 0 unspecified atom stereocenters. The summed E-state index contributed by atoms with van der Waals surface area (Å²) in [7, 11) is 1.91. The van der Waals surface area contributed by atoms with Gasteiger partial charge in [-0.05, 0) is 26.8 Å². The molecule has 15 heavy (non-hydrogen) atoms. The zero-order valence-electron chi connectivity index (χ0n) is 9.29. The van der Waals surface area contributed by atoms with Crippen LogP contribution in [0.2, 0.25) is 0 Å². The van der Waals surface area contributed by atoms with Crippen LogP contribution in [0, 0.1) is 0 Å². The van der Waals surface area contributed by atoms with Crippen LogP contribution in [0.15, 0.2) is 6.20 Å². The van der Waals surface area contributed by atoms with E-state index in [-0.39, 0.29) is 0 Å². The molecule has 0 atom stereocenters. The number of hydrogen-bond donors (Lipinski definition) is 1. The van der Waals surface area contributed by atoms with Crippen molar-refractivity contribution in [3.05, 3.63) is 17.6 Å². The van der Waals surface area contributed by atoms with Crippen LogP contribution in [0.3, 0.4) is 0 Å². The second kappa shape index (κ2) is 4.57. The molecule has 0 saturated heterocycles. The van der Waals surface area contributed by atoms with Crippen LogP contribution in [0.25, 0.3) is 0 Å². The van der Waals surface area contributed by atoms with Crippen molar-refractivity contribution in [1.82, 2.24) is 15.3 Å². The minimum atomic E-state index is 0.577. The first-order chi connectivity index (χ1) is 7.35. The van der Waals surface area contributed by atoms with Gasteiger partial charge in [-0.1, -0.05) is 0 Å². The van der Waals surface area contributed by atoms with E-state index < -0.39 is 0 Å². The molecule has 82 valence electrons. The fourth-order valence-corrected chi connectivity index (χ4v) is 1.52. The first kappa shape index (κ1) is 10.4. The van der Waals surface area contributed by atoms with Crippen LogP contribution >= 0.6 is 0 Å². The molecule has 1 aliphatic carbocycles. The van der Waals surface area contributed by atoms with Gasteiger partial charge in [-0.2, -0.15) is 4.98 Å². The zero-order valence-corrected chi connectivity index (χ0v) is 9.29. The quantitative estimate of drug-likeness (QED) is 0.794. The molecule has 2 rings (SSSR count). The van der Waals surface area contributed by atoms with Crippen LogP contribution in [-0.4, -0.2) is 23.6 Å². The molecule has 1 aromatic rings. The Bertz CT molecular complexity index is 337. The molecule has 4 nitrogen and oxygen atoms in total. The van der Waals surface area contributed by atoms with Crippen LogP contribution in [0.1, 0.15) is 37.1 Å². The van der Waals surface area contributed by atoms with Crippen LogP contribution in [0.4, 0.5) is 0 Å². The van der Waals surface area contributed by atoms with Crippen molar-refractivity contribution in [2.24, 2.45) is 0 Å². The van der Waals surface area contributed by atoms with Crippen LogP contribution < -0.4 is 10.1 Å². The van der Waals surface area contributed by atoms with Gasteiger partial charge in [0.05, 0.1) is 6.61 Å². The summed E-state index contributed by atoms with van der Waals surface area (Å²) in [6.45, 7) is 3.38. The highest BCUT2D eigenvalue weighted by Crippen LogP contribution is 2.38. The summed E-state index contributed by atoms with van der Waals surface area (Å²) < 4.78 is 5.52. The van der Waals surface area contributed by atoms with Crippen molar-refractivity contribution in [2.75, 3.05) is 13.7 Å². The van der Waals surface area contributed by atoms with Crippen LogP contribution in [0.5, 0.6) is 5.88 Å². The molecule has 1 saturated carbocycles. The standard InChI is InChI=1S/C11H17N3O/c1-3-15-11-9(6-12-2)7-13-10(14-11)8-4-5-8/h7-8,12H,3-6H2,1-2H3. The maximum Gasteiger partial charge on any atom is 0.221 e. The van der Waals surface area contributed by atoms with E-state index in [4.69, 9.17) is 4.74 Å². The Morgan fingerprint density at radius 3 is 2.93 bits per heavy atom. The maximum atomic E-state index is 5.52. The third-order valence-corrected chi connectivity index (χ3v) is 2.43. The average molecular weight is 207 g/mol. The lowest BCUT2D eigenvalue weighted by atomic mass is 10.3. The Balaban J connectivity index is 2.21. The van der Waals surface area contributed by atoms with E-state index in [1.54, 1.807) is 0 Å². The molecule has 0 amide bonds. The van der Waals surface area contributed by atoms with Gasteiger partial charge in [0.25, 0.3) is 0 Å². The Hall–Kier alpha value is -1.16. The highest BCUT2D eigenvalue weighted by Gasteiger charge is 2.27. The fraction of sp³-hybridized carbons (Fsp3) is 0.636. The van der Waals surface area contributed by atoms with E-state index in [9.17, 15) is 0 Å². The number of hydrogen-bond acceptors (Lipinski definition) is 4. The summed E-state index contributed by atoms with van der Waals surface area (Å²) in [4.78, 5) is 8.84. The summed E-state index contributed by atoms with van der Waals surface area (Å²) >= 11 is 0. The lowest BCUT2D eigenvalue weighted by Gasteiger charge is -2.09. The monoisotopic (exact) mass is 207 g/mol. The molecular weight excluding hydrogens is 190 g/mol. The van der Waals surface area contributed by atoms with Gasteiger partial charge < -0.3 is 10.1 Å². The van der Waals surface area contributed by atoms with E-state index >= 15 is 0 Å². The Morgan fingerprint density at radius 2 is 2.33 bits per heavy atom. The van der Waals surface area contributed by atoms with Crippen molar-refractivity contribution in [2.45, 2.75) is 32.2 Å². The van der Waals surface area contributed by atoms with E-state index in [0.717, 1.165) is 23.8 Å². The highest BCUT2D eigenvalue weighted by molar-refractivity contribution is 5.25.